The molecule has 3 heterocycles. The minimum Gasteiger partial charge on any atom is -0.326 e. The van der Waals surface area contributed by atoms with Crippen LogP contribution in [0.2, 0.25) is 0 Å². The van der Waals surface area contributed by atoms with Gasteiger partial charge in [-0.3, -0.25) is 4.98 Å². The van der Waals surface area contributed by atoms with Crippen LogP contribution in [0.25, 0.3) is 11.0 Å². The molecule has 2 aromatic rings. The van der Waals surface area contributed by atoms with E-state index in [-0.39, 0.29) is 5.41 Å². The van der Waals surface area contributed by atoms with Crippen molar-refractivity contribution < 1.29 is 0 Å². The highest BCUT2D eigenvalue weighted by Gasteiger charge is 2.24. The first-order valence-corrected chi connectivity index (χ1v) is 7.54. The van der Waals surface area contributed by atoms with Crippen LogP contribution in [0.4, 0.5) is 0 Å². The van der Waals surface area contributed by atoms with Gasteiger partial charge in [-0.2, -0.15) is 0 Å². The summed E-state index contributed by atoms with van der Waals surface area (Å²) in [7, 11) is 0. The zero-order chi connectivity index (χ0) is 14.3. The number of aromatic nitrogens is 3. The lowest BCUT2D eigenvalue weighted by atomic mass is 9.91. The molecule has 4 nitrogen and oxygen atoms in total. The van der Waals surface area contributed by atoms with Crippen molar-refractivity contribution in [2.24, 2.45) is 0 Å². The van der Waals surface area contributed by atoms with Crippen molar-refractivity contribution in [3.05, 3.63) is 24.3 Å². The van der Waals surface area contributed by atoms with E-state index in [1.165, 1.54) is 18.5 Å². The fraction of sp³-hybridized carbons (Fsp3) is 0.625. The van der Waals surface area contributed by atoms with Gasteiger partial charge in [-0.15, -0.1) is 0 Å². The first-order valence-electron chi connectivity index (χ1n) is 7.54. The van der Waals surface area contributed by atoms with Gasteiger partial charge in [0.25, 0.3) is 0 Å². The Balaban J connectivity index is 2.00. The number of imidazole rings is 1. The maximum absolute atomic E-state index is 4.56. The SMILES string of the molecule is CCN1CCC(n2cnc3cnc(C(C)(C)C)cc32)C1. The molecule has 0 radical (unpaired) electrons. The number of likely N-dealkylation sites (tertiary alicyclic amines) is 1. The van der Waals surface area contributed by atoms with Crippen molar-refractivity contribution in [3.8, 4) is 0 Å². The predicted molar refractivity (Wildman–Crippen MR) is 82.0 cm³/mol. The summed E-state index contributed by atoms with van der Waals surface area (Å²) in [6, 6.07) is 2.77. The van der Waals surface area contributed by atoms with Gasteiger partial charge in [0.15, 0.2) is 0 Å². The van der Waals surface area contributed by atoms with Gasteiger partial charge in [-0.05, 0) is 19.0 Å². The van der Waals surface area contributed by atoms with E-state index in [9.17, 15) is 0 Å². The molecule has 0 spiro atoms. The van der Waals surface area contributed by atoms with E-state index in [2.05, 4.69) is 53.2 Å². The Morgan fingerprint density at radius 1 is 1.30 bits per heavy atom. The van der Waals surface area contributed by atoms with Crippen LogP contribution in [-0.4, -0.2) is 39.1 Å². The molecule has 0 aromatic carbocycles. The highest BCUT2D eigenvalue weighted by atomic mass is 15.2. The molecule has 1 saturated heterocycles. The van der Waals surface area contributed by atoms with Crippen LogP contribution < -0.4 is 0 Å². The first-order chi connectivity index (χ1) is 9.49. The van der Waals surface area contributed by atoms with Gasteiger partial charge < -0.3 is 9.47 Å². The van der Waals surface area contributed by atoms with Crippen molar-refractivity contribution in [1.29, 1.82) is 0 Å². The molecule has 108 valence electrons. The normalized spacial score (nSPS) is 20.9. The standard InChI is InChI=1S/C16H24N4/c1-5-19-7-6-12(10-19)20-11-18-13-9-17-15(8-14(13)20)16(2,3)4/h8-9,11-12H,5-7,10H2,1-4H3. The molecule has 1 atom stereocenters. The molecule has 2 aromatic heterocycles. The molecule has 1 unspecified atom stereocenters. The van der Waals surface area contributed by atoms with Crippen molar-refractivity contribution in [3.63, 3.8) is 0 Å². The largest absolute Gasteiger partial charge is 0.326 e. The molecular formula is C16H24N4. The quantitative estimate of drug-likeness (QED) is 0.843. The average Bonchev–Trinajstić information content (AvgIpc) is 3.02. The number of hydrogen-bond acceptors (Lipinski definition) is 3. The fourth-order valence-electron chi connectivity index (χ4n) is 2.96. The topological polar surface area (TPSA) is 34.0 Å². The molecule has 0 N–H and O–H groups in total. The third kappa shape index (κ3) is 2.33. The smallest absolute Gasteiger partial charge is 0.107 e. The summed E-state index contributed by atoms with van der Waals surface area (Å²) in [6.45, 7) is 12.3. The van der Waals surface area contributed by atoms with Crippen LogP contribution in [0.3, 0.4) is 0 Å². The second-order valence-corrected chi connectivity index (χ2v) is 6.80. The van der Waals surface area contributed by atoms with E-state index < -0.39 is 0 Å². The Kier molecular flexibility index (Phi) is 3.28. The third-order valence-electron chi connectivity index (χ3n) is 4.32. The van der Waals surface area contributed by atoms with Crippen molar-refractivity contribution >= 4 is 11.0 Å². The molecule has 0 bridgehead atoms. The first kappa shape index (κ1) is 13.6. The highest BCUT2D eigenvalue weighted by molar-refractivity contribution is 5.75. The van der Waals surface area contributed by atoms with E-state index in [1.807, 2.05) is 12.5 Å². The summed E-state index contributed by atoms with van der Waals surface area (Å²) in [5, 5.41) is 0. The van der Waals surface area contributed by atoms with Crippen LogP contribution in [0.5, 0.6) is 0 Å². The Hall–Kier alpha value is -1.42. The molecule has 1 aliphatic rings. The molecule has 1 fully saturated rings. The van der Waals surface area contributed by atoms with E-state index >= 15 is 0 Å². The summed E-state index contributed by atoms with van der Waals surface area (Å²) in [5.74, 6) is 0. The molecule has 3 rings (SSSR count). The monoisotopic (exact) mass is 272 g/mol. The van der Waals surface area contributed by atoms with Crippen LogP contribution in [-0.2, 0) is 5.41 Å². The van der Waals surface area contributed by atoms with E-state index in [1.54, 1.807) is 0 Å². The van der Waals surface area contributed by atoms with Crippen molar-refractivity contribution in [2.45, 2.75) is 45.6 Å². The third-order valence-corrected chi connectivity index (χ3v) is 4.32. The second-order valence-electron chi connectivity index (χ2n) is 6.80. The van der Waals surface area contributed by atoms with Crippen LogP contribution in [0.15, 0.2) is 18.6 Å². The molecule has 0 saturated carbocycles. The van der Waals surface area contributed by atoms with Crippen LogP contribution >= 0.6 is 0 Å². The fourth-order valence-corrected chi connectivity index (χ4v) is 2.96. The molecule has 0 aliphatic carbocycles. The Morgan fingerprint density at radius 2 is 2.10 bits per heavy atom. The minimum absolute atomic E-state index is 0.0778. The highest BCUT2D eigenvalue weighted by Crippen LogP contribution is 2.28. The van der Waals surface area contributed by atoms with E-state index in [4.69, 9.17) is 0 Å². The van der Waals surface area contributed by atoms with E-state index in [0.717, 1.165) is 24.3 Å². The summed E-state index contributed by atoms with van der Waals surface area (Å²) in [4.78, 5) is 11.6. The summed E-state index contributed by atoms with van der Waals surface area (Å²) >= 11 is 0. The molecule has 20 heavy (non-hydrogen) atoms. The van der Waals surface area contributed by atoms with Crippen molar-refractivity contribution in [1.82, 2.24) is 19.4 Å². The van der Waals surface area contributed by atoms with Gasteiger partial charge in [-0.1, -0.05) is 27.7 Å². The maximum Gasteiger partial charge on any atom is 0.107 e. The number of pyridine rings is 1. The maximum atomic E-state index is 4.56. The summed E-state index contributed by atoms with van der Waals surface area (Å²) in [5.41, 5.74) is 3.45. The molecular weight excluding hydrogens is 248 g/mol. The lowest BCUT2D eigenvalue weighted by Gasteiger charge is -2.19. The number of likely N-dealkylation sites (N-methyl/N-ethyl adjacent to an activating group) is 1. The molecule has 0 amide bonds. The lowest BCUT2D eigenvalue weighted by Crippen LogP contribution is -2.20. The Morgan fingerprint density at radius 3 is 2.75 bits per heavy atom. The van der Waals surface area contributed by atoms with Crippen LogP contribution in [0, 0.1) is 0 Å². The second kappa shape index (κ2) is 4.85. The lowest BCUT2D eigenvalue weighted by molar-refractivity contribution is 0.342. The minimum atomic E-state index is 0.0778. The number of nitrogens with zero attached hydrogens (tertiary/aromatic N) is 4. The zero-order valence-corrected chi connectivity index (χ0v) is 12.9. The van der Waals surface area contributed by atoms with Crippen molar-refractivity contribution in [2.75, 3.05) is 19.6 Å². The van der Waals surface area contributed by atoms with Crippen LogP contribution in [0.1, 0.15) is 45.9 Å². The van der Waals surface area contributed by atoms with Gasteiger partial charge >= 0.3 is 0 Å². The van der Waals surface area contributed by atoms with Gasteiger partial charge in [0.1, 0.15) is 5.52 Å². The number of fused-ring (bicyclic) bond motifs is 1. The molecule has 4 heteroatoms. The Bertz CT molecular complexity index is 608. The van der Waals surface area contributed by atoms with Gasteiger partial charge in [0, 0.05) is 30.2 Å². The average molecular weight is 272 g/mol. The number of rotatable bonds is 2. The van der Waals surface area contributed by atoms with E-state index in [0.29, 0.717) is 6.04 Å². The summed E-state index contributed by atoms with van der Waals surface area (Å²) in [6.07, 6.45) is 5.12. The molecule has 1 aliphatic heterocycles. The zero-order valence-electron chi connectivity index (χ0n) is 12.9. The predicted octanol–water partition coefficient (Wildman–Crippen LogP) is 3.00. The van der Waals surface area contributed by atoms with Gasteiger partial charge in [-0.25, -0.2) is 4.98 Å². The van der Waals surface area contributed by atoms with Gasteiger partial charge in [0.05, 0.1) is 18.0 Å². The Labute approximate surface area is 120 Å². The summed E-state index contributed by atoms with van der Waals surface area (Å²) < 4.78 is 2.35. The number of hydrogen-bond donors (Lipinski definition) is 0. The van der Waals surface area contributed by atoms with Gasteiger partial charge in [0.2, 0.25) is 0 Å².